The zero-order valence-electron chi connectivity index (χ0n) is 10.3. The largest absolute Gasteiger partial charge is 0.212 e. The second-order valence-corrected chi connectivity index (χ2v) is 5.21. The van der Waals surface area contributed by atoms with Gasteiger partial charge in [0.25, 0.3) is 0 Å². The molecular weight excluding hydrogens is 207 g/mol. The summed E-state index contributed by atoms with van der Waals surface area (Å²) < 4.78 is 12.9. The van der Waals surface area contributed by atoms with E-state index < -0.39 is 0 Å². The van der Waals surface area contributed by atoms with Crippen molar-refractivity contribution in [1.29, 1.82) is 0 Å². The summed E-state index contributed by atoms with van der Waals surface area (Å²) >= 11 is 4.25. The minimum absolute atomic E-state index is 0.107. The van der Waals surface area contributed by atoms with Gasteiger partial charge < -0.3 is 0 Å². The second-order valence-electron chi connectivity index (χ2n) is 4.69. The highest BCUT2D eigenvalue weighted by atomic mass is 32.1. The van der Waals surface area contributed by atoms with Gasteiger partial charge in [-0.2, -0.15) is 0 Å². The lowest BCUT2D eigenvalue weighted by atomic mass is 9.84. The summed E-state index contributed by atoms with van der Waals surface area (Å²) in [6, 6.07) is 0. The van der Waals surface area contributed by atoms with E-state index in [4.69, 9.17) is 0 Å². The standard InChI is InChI=1S/C13H23FS/c1-5-8-13(3,4)9-7-12(15)10-11(14)6-2/h7,10,15H,5-6,8-9H2,1-4H3/b11-10+,12-7+. The Kier molecular flexibility index (Phi) is 6.99. The van der Waals surface area contributed by atoms with Crippen LogP contribution in [-0.4, -0.2) is 0 Å². The molecule has 0 aromatic carbocycles. The van der Waals surface area contributed by atoms with Gasteiger partial charge in [-0.1, -0.05) is 40.2 Å². The third-order valence-corrected chi connectivity index (χ3v) is 2.74. The fourth-order valence-corrected chi connectivity index (χ4v) is 1.71. The molecule has 0 aromatic rings. The SMILES string of the molecule is CCCC(C)(C)C/C=C(S)\C=C(\F)CC. The van der Waals surface area contributed by atoms with Crippen LogP contribution >= 0.6 is 12.6 Å². The molecule has 0 aromatic heterocycles. The third kappa shape index (κ3) is 7.66. The molecule has 0 bridgehead atoms. The maximum atomic E-state index is 12.9. The summed E-state index contributed by atoms with van der Waals surface area (Å²) in [5.41, 5.74) is 0.291. The Morgan fingerprint density at radius 2 is 1.93 bits per heavy atom. The number of hydrogen-bond acceptors (Lipinski definition) is 1. The highest BCUT2D eigenvalue weighted by Crippen LogP contribution is 2.28. The zero-order chi connectivity index (χ0) is 11.9. The van der Waals surface area contributed by atoms with E-state index in [1.807, 2.05) is 6.08 Å². The molecule has 0 radical (unpaired) electrons. The van der Waals surface area contributed by atoms with Crippen LogP contribution in [0.2, 0.25) is 0 Å². The van der Waals surface area contributed by atoms with Crippen LogP contribution in [0.25, 0.3) is 0 Å². The van der Waals surface area contributed by atoms with E-state index in [1.165, 1.54) is 18.9 Å². The smallest absolute Gasteiger partial charge is 0.101 e. The molecule has 0 fully saturated rings. The Labute approximate surface area is 99.1 Å². The third-order valence-electron chi connectivity index (χ3n) is 2.43. The predicted molar refractivity (Wildman–Crippen MR) is 69.9 cm³/mol. The molecule has 88 valence electrons. The molecule has 0 nitrogen and oxygen atoms in total. The molecule has 0 heterocycles. The van der Waals surface area contributed by atoms with Gasteiger partial charge >= 0.3 is 0 Å². The molecule has 0 aliphatic rings. The van der Waals surface area contributed by atoms with Crippen LogP contribution in [0, 0.1) is 5.41 Å². The van der Waals surface area contributed by atoms with Gasteiger partial charge in [0.15, 0.2) is 0 Å². The van der Waals surface area contributed by atoms with Crippen molar-refractivity contribution in [3.63, 3.8) is 0 Å². The van der Waals surface area contributed by atoms with E-state index in [1.54, 1.807) is 6.92 Å². The van der Waals surface area contributed by atoms with Crippen molar-refractivity contribution in [2.45, 2.75) is 53.4 Å². The van der Waals surface area contributed by atoms with Gasteiger partial charge in [-0.15, -0.1) is 12.6 Å². The number of allylic oxidation sites excluding steroid dienone is 3. The second kappa shape index (κ2) is 7.10. The van der Waals surface area contributed by atoms with Gasteiger partial charge in [0.1, 0.15) is 5.83 Å². The summed E-state index contributed by atoms with van der Waals surface area (Å²) in [5, 5.41) is 0. The molecule has 15 heavy (non-hydrogen) atoms. The number of halogens is 1. The molecule has 0 N–H and O–H groups in total. The van der Waals surface area contributed by atoms with Gasteiger partial charge in [-0.05, 0) is 30.8 Å². The molecule has 0 atom stereocenters. The van der Waals surface area contributed by atoms with Crippen LogP contribution < -0.4 is 0 Å². The molecule has 0 unspecified atom stereocenters. The summed E-state index contributed by atoms with van der Waals surface area (Å²) in [7, 11) is 0. The number of hydrogen-bond donors (Lipinski definition) is 1. The molecule has 2 heteroatoms. The van der Waals surface area contributed by atoms with Crippen molar-refractivity contribution >= 4 is 12.6 Å². The Morgan fingerprint density at radius 1 is 1.33 bits per heavy atom. The first-order chi connectivity index (χ1) is 6.91. The normalized spacial score (nSPS) is 14.5. The van der Waals surface area contributed by atoms with Crippen molar-refractivity contribution in [3.05, 3.63) is 22.9 Å². The Hall–Kier alpha value is -0.240. The topological polar surface area (TPSA) is 0 Å². The highest BCUT2D eigenvalue weighted by molar-refractivity contribution is 7.84. The molecular formula is C13H23FS. The number of rotatable bonds is 6. The van der Waals surface area contributed by atoms with Crippen molar-refractivity contribution in [3.8, 4) is 0 Å². The van der Waals surface area contributed by atoms with E-state index >= 15 is 0 Å². The first-order valence-corrected chi connectivity index (χ1v) is 6.11. The summed E-state index contributed by atoms with van der Waals surface area (Å²) in [5.74, 6) is -0.107. The monoisotopic (exact) mass is 230 g/mol. The van der Waals surface area contributed by atoms with Crippen LogP contribution in [0.4, 0.5) is 4.39 Å². The Balaban J connectivity index is 4.27. The first kappa shape index (κ1) is 14.8. The van der Waals surface area contributed by atoms with Gasteiger partial charge in [0.2, 0.25) is 0 Å². The van der Waals surface area contributed by atoms with Crippen LogP contribution in [0.5, 0.6) is 0 Å². The Morgan fingerprint density at radius 3 is 2.40 bits per heavy atom. The lowest BCUT2D eigenvalue weighted by molar-refractivity contribution is 0.336. The zero-order valence-corrected chi connectivity index (χ0v) is 11.2. The molecule has 0 amide bonds. The van der Waals surface area contributed by atoms with E-state index in [9.17, 15) is 4.39 Å². The molecule has 0 aliphatic carbocycles. The van der Waals surface area contributed by atoms with Gasteiger partial charge in [0.05, 0.1) is 0 Å². The molecule has 0 aliphatic heterocycles. The van der Waals surface area contributed by atoms with Crippen LogP contribution in [0.15, 0.2) is 22.9 Å². The Bertz CT molecular complexity index is 239. The lowest BCUT2D eigenvalue weighted by Gasteiger charge is -2.21. The van der Waals surface area contributed by atoms with Crippen molar-refractivity contribution in [2.75, 3.05) is 0 Å². The molecule has 0 spiro atoms. The van der Waals surface area contributed by atoms with E-state index in [-0.39, 0.29) is 5.83 Å². The highest BCUT2D eigenvalue weighted by Gasteiger charge is 2.14. The lowest BCUT2D eigenvalue weighted by Crippen LogP contribution is -2.08. The fourth-order valence-electron chi connectivity index (χ4n) is 1.48. The molecule has 0 saturated carbocycles. The van der Waals surface area contributed by atoms with Crippen molar-refractivity contribution in [1.82, 2.24) is 0 Å². The minimum atomic E-state index is -0.107. The van der Waals surface area contributed by atoms with Crippen LogP contribution in [0.3, 0.4) is 0 Å². The van der Waals surface area contributed by atoms with E-state index in [0.717, 1.165) is 11.3 Å². The number of thiol groups is 1. The summed E-state index contributed by atoms with van der Waals surface area (Å²) in [6.45, 7) is 8.44. The van der Waals surface area contributed by atoms with Gasteiger partial charge in [-0.3, -0.25) is 0 Å². The van der Waals surface area contributed by atoms with Gasteiger partial charge in [-0.25, -0.2) is 4.39 Å². The average molecular weight is 230 g/mol. The van der Waals surface area contributed by atoms with Crippen molar-refractivity contribution < 1.29 is 4.39 Å². The van der Waals surface area contributed by atoms with Crippen LogP contribution in [0.1, 0.15) is 53.4 Å². The van der Waals surface area contributed by atoms with E-state index in [2.05, 4.69) is 33.4 Å². The van der Waals surface area contributed by atoms with Crippen molar-refractivity contribution in [2.24, 2.45) is 5.41 Å². The minimum Gasteiger partial charge on any atom is -0.212 e. The summed E-state index contributed by atoms with van der Waals surface area (Å²) in [4.78, 5) is 0.735. The molecule has 0 saturated heterocycles. The summed E-state index contributed by atoms with van der Waals surface area (Å²) in [6.07, 6.45) is 7.27. The first-order valence-electron chi connectivity index (χ1n) is 5.66. The average Bonchev–Trinajstić information content (AvgIpc) is 2.15. The maximum absolute atomic E-state index is 12.9. The van der Waals surface area contributed by atoms with E-state index in [0.29, 0.717) is 11.8 Å². The van der Waals surface area contributed by atoms with Crippen LogP contribution in [-0.2, 0) is 0 Å². The predicted octanol–water partition coefficient (Wildman–Crippen LogP) is 5.28. The fraction of sp³-hybridized carbons (Fsp3) is 0.692. The maximum Gasteiger partial charge on any atom is 0.101 e. The molecule has 0 rings (SSSR count). The quantitative estimate of drug-likeness (QED) is 0.466. The van der Waals surface area contributed by atoms with Gasteiger partial charge in [0, 0.05) is 4.91 Å².